The smallest absolute Gasteiger partial charge is 0.341 e. The predicted molar refractivity (Wildman–Crippen MR) is 120 cm³/mol. The van der Waals surface area contributed by atoms with E-state index in [1.54, 1.807) is 18.9 Å². The van der Waals surface area contributed by atoms with Crippen LogP contribution in [0.25, 0.3) is 0 Å². The highest BCUT2D eigenvalue weighted by Crippen LogP contribution is 2.39. The molecule has 2 N–H and O–H groups in total. The van der Waals surface area contributed by atoms with Gasteiger partial charge in [-0.15, -0.1) is 0 Å². The third kappa shape index (κ3) is 3.18. The van der Waals surface area contributed by atoms with E-state index in [1.807, 2.05) is 41.4 Å². The quantitative estimate of drug-likeness (QED) is 0.788. The first-order valence-corrected chi connectivity index (χ1v) is 11.0. The average molecular weight is 404 g/mol. The molecule has 30 heavy (non-hydrogen) atoms. The molecular formula is C25H29N3O2. The molecule has 0 saturated carbocycles. The number of nitrogens with zero attached hydrogens (tertiary/aromatic N) is 2. The summed E-state index contributed by atoms with van der Waals surface area (Å²) in [5.74, 6) is 0. The summed E-state index contributed by atoms with van der Waals surface area (Å²) in [4.78, 5) is 13.5. The fraction of sp³-hybridized carbons (Fsp3) is 0.400. The van der Waals surface area contributed by atoms with Crippen LogP contribution in [0.5, 0.6) is 0 Å². The molecule has 0 fully saturated rings. The molecule has 0 aromatic heterocycles. The van der Waals surface area contributed by atoms with Crippen molar-refractivity contribution in [2.45, 2.75) is 58.0 Å². The monoisotopic (exact) mass is 403 g/mol. The van der Waals surface area contributed by atoms with Crippen LogP contribution >= 0.6 is 0 Å². The summed E-state index contributed by atoms with van der Waals surface area (Å²) in [6.45, 7) is 3.94. The van der Waals surface area contributed by atoms with E-state index in [9.17, 15) is 9.90 Å². The molecule has 2 amide bonds. The van der Waals surface area contributed by atoms with Gasteiger partial charge in [0.2, 0.25) is 0 Å². The molecule has 1 aliphatic heterocycles. The van der Waals surface area contributed by atoms with E-state index in [-0.39, 0.29) is 6.03 Å². The molecule has 1 heterocycles. The second-order valence-electron chi connectivity index (χ2n) is 9.04. The lowest BCUT2D eigenvalue weighted by Gasteiger charge is -2.36. The Hall–Kier alpha value is -2.79. The normalized spacial score (nSPS) is 17.8. The Kier molecular flexibility index (Phi) is 4.58. The van der Waals surface area contributed by atoms with Crippen molar-refractivity contribution in [3.05, 3.63) is 70.4 Å². The average Bonchev–Trinajstić information content (AvgIpc) is 3.46. The molecule has 0 bridgehead atoms. The maximum atomic E-state index is 13.5. The number of anilines is 2. The number of nitrogens with one attached hydrogen (secondary N) is 1. The van der Waals surface area contributed by atoms with Gasteiger partial charge in [0.1, 0.15) is 5.60 Å². The maximum absolute atomic E-state index is 13.5. The van der Waals surface area contributed by atoms with Crippen LogP contribution in [-0.2, 0) is 25.7 Å². The van der Waals surface area contributed by atoms with Crippen molar-refractivity contribution in [1.82, 2.24) is 5.01 Å². The Morgan fingerprint density at radius 2 is 1.63 bits per heavy atom. The highest BCUT2D eigenvalue weighted by Gasteiger charge is 2.37. The van der Waals surface area contributed by atoms with Gasteiger partial charge in [0.15, 0.2) is 0 Å². The van der Waals surface area contributed by atoms with Crippen LogP contribution in [0.3, 0.4) is 0 Å². The fourth-order valence-electron chi connectivity index (χ4n) is 5.14. The lowest BCUT2D eigenvalue weighted by Crippen LogP contribution is -2.48. The molecule has 0 atom stereocenters. The summed E-state index contributed by atoms with van der Waals surface area (Å²) >= 11 is 0. The second-order valence-corrected chi connectivity index (χ2v) is 9.04. The van der Waals surface area contributed by atoms with Crippen molar-refractivity contribution in [2.75, 3.05) is 16.9 Å². The van der Waals surface area contributed by atoms with Crippen LogP contribution in [0.4, 0.5) is 16.2 Å². The van der Waals surface area contributed by atoms with E-state index in [0.29, 0.717) is 12.2 Å². The number of fused-ring (bicyclic) bond motifs is 2. The minimum atomic E-state index is -1.06. The molecule has 5 rings (SSSR count). The van der Waals surface area contributed by atoms with Gasteiger partial charge in [-0.05, 0) is 92.8 Å². The summed E-state index contributed by atoms with van der Waals surface area (Å²) < 4.78 is 0. The van der Waals surface area contributed by atoms with Crippen LogP contribution in [-0.4, -0.2) is 28.3 Å². The zero-order valence-corrected chi connectivity index (χ0v) is 17.7. The van der Waals surface area contributed by atoms with Crippen LogP contribution in [0, 0.1) is 0 Å². The van der Waals surface area contributed by atoms with Crippen molar-refractivity contribution in [1.29, 1.82) is 0 Å². The maximum Gasteiger partial charge on any atom is 0.341 e. The van der Waals surface area contributed by atoms with Crippen molar-refractivity contribution >= 4 is 17.4 Å². The molecule has 2 aliphatic carbocycles. The number of benzene rings is 2. The highest BCUT2D eigenvalue weighted by molar-refractivity contribution is 5.94. The Bertz CT molecular complexity index is 989. The molecule has 0 spiro atoms. The van der Waals surface area contributed by atoms with Gasteiger partial charge in [0.05, 0.1) is 17.9 Å². The summed E-state index contributed by atoms with van der Waals surface area (Å²) in [5, 5.41) is 17.5. The minimum Gasteiger partial charge on any atom is -0.384 e. The lowest BCUT2D eigenvalue weighted by molar-refractivity contribution is 0.112. The minimum absolute atomic E-state index is 0.149. The summed E-state index contributed by atoms with van der Waals surface area (Å²) in [6, 6.07) is 12.0. The third-order valence-electron chi connectivity index (χ3n) is 6.49. The first-order chi connectivity index (χ1) is 14.4. The number of hydrogen-bond donors (Lipinski definition) is 2. The van der Waals surface area contributed by atoms with Gasteiger partial charge < -0.3 is 10.4 Å². The van der Waals surface area contributed by atoms with E-state index < -0.39 is 5.60 Å². The lowest BCUT2D eigenvalue weighted by atomic mass is 9.99. The molecule has 2 aromatic carbocycles. The van der Waals surface area contributed by atoms with Gasteiger partial charge in [0.25, 0.3) is 0 Å². The van der Waals surface area contributed by atoms with Crippen LogP contribution in [0.15, 0.2) is 48.2 Å². The van der Waals surface area contributed by atoms with Gasteiger partial charge in [0, 0.05) is 5.69 Å². The number of carbonyl (C=O) groups excluding carboxylic acids is 1. The number of aliphatic hydroxyl groups is 1. The molecular weight excluding hydrogens is 374 g/mol. The first-order valence-electron chi connectivity index (χ1n) is 11.0. The molecule has 0 saturated heterocycles. The second kappa shape index (κ2) is 7.17. The number of hydrogen-bond acceptors (Lipinski definition) is 3. The van der Waals surface area contributed by atoms with E-state index in [1.165, 1.54) is 22.3 Å². The number of amides is 2. The van der Waals surface area contributed by atoms with E-state index in [2.05, 4.69) is 11.4 Å². The zero-order valence-electron chi connectivity index (χ0n) is 17.7. The largest absolute Gasteiger partial charge is 0.384 e. The van der Waals surface area contributed by atoms with Crippen molar-refractivity contribution in [3.8, 4) is 0 Å². The van der Waals surface area contributed by atoms with Crippen molar-refractivity contribution in [3.63, 3.8) is 0 Å². The van der Waals surface area contributed by atoms with Gasteiger partial charge in [-0.2, -0.15) is 0 Å². The van der Waals surface area contributed by atoms with Gasteiger partial charge in [-0.25, -0.2) is 9.80 Å². The number of rotatable bonds is 3. The molecule has 0 unspecified atom stereocenters. The van der Waals surface area contributed by atoms with Crippen LogP contribution in [0.2, 0.25) is 0 Å². The number of hydrazine groups is 1. The predicted octanol–water partition coefficient (Wildman–Crippen LogP) is 4.59. The van der Waals surface area contributed by atoms with Gasteiger partial charge >= 0.3 is 6.03 Å². The van der Waals surface area contributed by atoms with Crippen LogP contribution < -0.4 is 10.3 Å². The third-order valence-corrected chi connectivity index (χ3v) is 6.49. The molecule has 5 nitrogen and oxygen atoms in total. The van der Waals surface area contributed by atoms with Gasteiger partial charge in [-0.3, -0.25) is 5.01 Å². The molecule has 3 aliphatic rings. The number of urea groups is 1. The topological polar surface area (TPSA) is 55.8 Å². The van der Waals surface area contributed by atoms with E-state index >= 15 is 0 Å². The number of aryl methyl sites for hydroxylation is 2. The molecule has 2 aromatic rings. The Balaban J connectivity index is 1.49. The Labute approximate surface area is 178 Å². The fourth-order valence-corrected chi connectivity index (χ4v) is 5.14. The summed E-state index contributed by atoms with van der Waals surface area (Å²) in [5.41, 5.74) is 7.03. The standard InChI is InChI=1S/C25H29N3O2/c1-25(2,30)22-14-15-27(28(22)19-10-4-3-5-11-19)24(29)26-23-20-12-6-8-17(20)16-18-9-7-13-21(18)23/h3-5,10-11,14,16,30H,6-9,12-13,15H2,1-2H3,(H,26,29). The van der Waals surface area contributed by atoms with Gasteiger partial charge in [-0.1, -0.05) is 24.3 Å². The Morgan fingerprint density at radius 3 is 2.23 bits per heavy atom. The summed E-state index contributed by atoms with van der Waals surface area (Å²) in [6.07, 6.45) is 8.54. The molecule has 0 radical (unpaired) electrons. The van der Waals surface area contributed by atoms with E-state index in [0.717, 1.165) is 49.9 Å². The van der Waals surface area contributed by atoms with Crippen LogP contribution in [0.1, 0.15) is 48.9 Å². The molecule has 156 valence electrons. The first kappa shape index (κ1) is 19.2. The van der Waals surface area contributed by atoms with Crippen molar-refractivity contribution < 1.29 is 9.90 Å². The van der Waals surface area contributed by atoms with E-state index in [4.69, 9.17) is 0 Å². The Morgan fingerprint density at radius 1 is 1.00 bits per heavy atom. The summed E-state index contributed by atoms with van der Waals surface area (Å²) in [7, 11) is 0. The zero-order chi connectivity index (χ0) is 20.9. The van der Waals surface area contributed by atoms with Crippen molar-refractivity contribution in [2.24, 2.45) is 0 Å². The molecule has 5 heteroatoms. The number of carbonyl (C=O) groups is 1. The number of para-hydroxylation sites is 1. The highest BCUT2D eigenvalue weighted by atomic mass is 16.3. The SMILES string of the molecule is CC(C)(O)C1=CCN(C(=O)Nc2c3c(cc4c2CCC4)CCC3)N1c1ccccc1.